The van der Waals surface area contributed by atoms with E-state index in [1.807, 2.05) is 24.3 Å². The summed E-state index contributed by atoms with van der Waals surface area (Å²) in [6, 6.07) is 7.56. The first-order chi connectivity index (χ1) is 16.0. The van der Waals surface area contributed by atoms with Crippen LogP contribution in [0.2, 0.25) is 0 Å². The summed E-state index contributed by atoms with van der Waals surface area (Å²) < 4.78 is 18.7. The number of fused-ring (bicyclic) bond motifs is 2. The van der Waals surface area contributed by atoms with E-state index in [4.69, 9.17) is 15.4 Å². The van der Waals surface area contributed by atoms with E-state index in [2.05, 4.69) is 15.4 Å². The first kappa shape index (κ1) is 21.6. The molecule has 8 nitrogen and oxygen atoms in total. The van der Waals surface area contributed by atoms with E-state index in [1.165, 1.54) is 5.57 Å². The minimum atomic E-state index is -0.521. The molecule has 2 saturated carbocycles. The first-order valence-electron chi connectivity index (χ1n) is 11.5. The number of oxime groups is 1. The number of hydrogen-bond donors (Lipinski definition) is 2. The Morgan fingerprint density at radius 1 is 1.33 bits per heavy atom. The lowest BCUT2D eigenvalue weighted by molar-refractivity contribution is -0.119. The highest BCUT2D eigenvalue weighted by molar-refractivity contribution is 5.98. The fraction of sp³-hybridized carbons (Fsp3) is 0.500. The van der Waals surface area contributed by atoms with Gasteiger partial charge in [-0.15, -0.1) is 10.2 Å². The van der Waals surface area contributed by atoms with Gasteiger partial charge in [-0.25, -0.2) is 0 Å². The van der Waals surface area contributed by atoms with Crippen molar-refractivity contribution < 1.29 is 18.8 Å². The largest absolute Gasteiger partial charge is 0.420 e. The third kappa shape index (κ3) is 4.24. The molecule has 1 aromatic carbocycles. The van der Waals surface area contributed by atoms with Gasteiger partial charge < -0.3 is 20.3 Å². The molecule has 0 unspecified atom stereocenters. The highest BCUT2D eigenvalue weighted by Crippen LogP contribution is 2.55. The Morgan fingerprint density at radius 2 is 2.15 bits per heavy atom. The molecule has 0 radical (unpaired) electrons. The van der Waals surface area contributed by atoms with Crippen molar-refractivity contribution in [3.63, 3.8) is 0 Å². The summed E-state index contributed by atoms with van der Waals surface area (Å²) in [5, 5.41) is 20.5. The summed E-state index contributed by atoms with van der Waals surface area (Å²) in [5.41, 5.74) is 9.41. The van der Waals surface area contributed by atoms with Crippen LogP contribution in [0.5, 0.6) is 0 Å². The number of carbonyl (C=O) groups excluding carboxylic acids is 1. The molecule has 2 bridgehead atoms. The van der Waals surface area contributed by atoms with E-state index in [0.29, 0.717) is 24.2 Å². The smallest absolute Gasteiger partial charge is 0.247 e. The van der Waals surface area contributed by atoms with Gasteiger partial charge in [0.1, 0.15) is 0 Å². The van der Waals surface area contributed by atoms with Crippen LogP contribution in [0.25, 0.3) is 11.5 Å². The molecule has 3 N–H and O–H groups in total. The van der Waals surface area contributed by atoms with Crippen molar-refractivity contribution in [1.29, 1.82) is 0 Å². The number of rotatable bonds is 9. The van der Waals surface area contributed by atoms with Crippen molar-refractivity contribution in [2.45, 2.75) is 57.3 Å². The maximum atomic E-state index is 13.1. The van der Waals surface area contributed by atoms with Crippen molar-refractivity contribution in [1.82, 2.24) is 10.2 Å². The van der Waals surface area contributed by atoms with E-state index in [-0.39, 0.29) is 30.0 Å². The van der Waals surface area contributed by atoms with E-state index in [1.54, 1.807) is 4.90 Å². The van der Waals surface area contributed by atoms with Crippen LogP contribution in [-0.2, 0) is 4.79 Å². The van der Waals surface area contributed by atoms with Gasteiger partial charge in [0, 0.05) is 30.1 Å². The quantitative estimate of drug-likeness (QED) is 0.253. The normalized spacial score (nSPS) is 19.4. The van der Waals surface area contributed by atoms with Crippen LogP contribution in [-0.4, -0.2) is 40.4 Å². The third-order valence-electron chi connectivity index (χ3n) is 7.02. The fourth-order valence-corrected chi connectivity index (χ4v) is 5.04. The molecule has 0 atom stereocenters. The average molecular weight is 454 g/mol. The Balaban J connectivity index is 1.39. The number of carbonyl (C=O) groups is 1. The minimum Gasteiger partial charge on any atom is -0.420 e. The predicted octanol–water partition coefficient (Wildman–Crippen LogP) is 4.31. The van der Waals surface area contributed by atoms with Crippen molar-refractivity contribution in [3.05, 3.63) is 41.3 Å². The van der Waals surface area contributed by atoms with E-state index in [0.717, 1.165) is 55.3 Å². The molecular weight excluding hydrogens is 425 g/mol. The maximum absolute atomic E-state index is 13.1. The number of amidine groups is 1. The average Bonchev–Trinajstić information content (AvgIpc) is 3.56. The number of nitrogens with zero attached hydrogens (tertiary/aromatic N) is 4. The molecule has 9 heteroatoms. The SMILES string of the molecule is N/C(=N\O)C1=C2CC(CN(C(=O)CCCF)c3cccc(-c4nnc(C5CC5)o4)c3)(CC1)C2. The van der Waals surface area contributed by atoms with Crippen LogP contribution in [0.15, 0.2) is 45.0 Å². The fourth-order valence-electron chi connectivity index (χ4n) is 5.04. The van der Waals surface area contributed by atoms with Crippen molar-refractivity contribution in [2.75, 3.05) is 18.1 Å². The minimum absolute atomic E-state index is 0.0421. The summed E-state index contributed by atoms with van der Waals surface area (Å²) in [7, 11) is 0. The molecule has 2 fully saturated rings. The molecule has 4 aliphatic carbocycles. The van der Waals surface area contributed by atoms with Crippen LogP contribution in [0, 0.1) is 5.41 Å². The highest BCUT2D eigenvalue weighted by atomic mass is 19.1. The van der Waals surface area contributed by atoms with Gasteiger partial charge in [0.05, 0.1) is 6.67 Å². The molecule has 0 aliphatic heterocycles. The number of nitrogens with two attached hydrogens (primary N) is 1. The topological polar surface area (TPSA) is 118 Å². The van der Waals surface area contributed by atoms with E-state index < -0.39 is 6.67 Å². The van der Waals surface area contributed by atoms with Crippen LogP contribution in [0.4, 0.5) is 10.1 Å². The lowest BCUT2D eigenvalue weighted by Crippen LogP contribution is -2.49. The standard InChI is InChI=1S/C24H28FN5O3/c25-10-2-5-20(31)30(14-24-9-8-19(21(26)29-32)17(12-24)13-24)18-4-1-3-16(11-18)23-28-27-22(33-23)15-6-7-15/h1,3-4,11,15,32H,2,5-10,12-14H2,(H2,26,29). The Labute approximate surface area is 191 Å². The zero-order valence-corrected chi connectivity index (χ0v) is 18.5. The molecule has 1 amide bonds. The Morgan fingerprint density at radius 3 is 2.82 bits per heavy atom. The number of anilines is 1. The number of allylic oxidation sites excluding steroid dienone is 1. The monoisotopic (exact) mass is 453 g/mol. The second-order valence-electron chi connectivity index (χ2n) is 9.46. The van der Waals surface area contributed by atoms with Crippen molar-refractivity contribution in [3.8, 4) is 11.5 Å². The molecule has 1 heterocycles. The van der Waals surface area contributed by atoms with Gasteiger partial charge >= 0.3 is 0 Å². The van der Waals surface area contributed by atoms with Crippen LogP contribution < -0.4 is 10.6 Å². The number of benzene rings is 1. The zero-order chi connectivity index (χ0) is 23.0. The highest BCUT2D eigenvalue weighted by Gasteiger charge is 2.47. The van der Waals surface area contributed by atoms with Crippen molar-refractivity contribution in [2.24, 2.45) is 16.3 Å². The molecule has 174 valence electrons. The van der Waals surface area contributed by atoms with Gasteiger partial charge in [-0.05, 0) is 74.1 Å². The lowest BCUT2D eigenvalue weighted by atomic mass is 9.57. The summed E-state index contributed by atoms with van der Waals surface area (Å²) in [6.45, 7) is 0.0262. The Kier molecular flexibility index (Phi) is 5.64. The van der Waals surface area contributed by atoms with Gasteiger partial charge in [-0.1, -0.05) is 16.8 Å². The molecule has 33 heavy (non-hydrogen) atoms. The summed E-state index contributed by atoms with van der Waals surface area (Å²) >= 11 is 0. The number of amides is 1. The molecule has 1 aromatic heterocycles. The molecular formula is C24H28FN5O3. The van der Waals surface area contributed by atoms with Gasteiger partial charge in [-0.3, -0.25) is 9.18 Å². The van der Waals surface area contributed by atoms with Crippen LogP contribution >= 0.6 is 0 Å². The molecule has 4 aliphatic rings. The van der Waals surface area contributed by atoms with E-state index >= 15 is 0 Å². The predicted molar refractivity (Wildman–Crippen MR) is 121 cm³/mol. The molecule has 0 saturated heterocycles. The number of hydrogen-bond acceptors (Lipinski definition) is 6. The number of halogens is 1. The van der Waals surface area contributed by atoms with Gasteiger partial charge in [-0.2, -0.15) is 0 Å². The van der Waals surface area contributed by atoms with E-state index in [9.17, 15) is 9.18 Å². The van der Waals surface area contributed by atoms with Crippen LogP contribution in [0.3, 0.4) is 0 Å². The summed E-state index contributed by atoms with van der Waals surface area (Å²) in [5.74, 6) is 1.58. The first-order valence-corrected chi connectivity index (χ1v) is 11.5. The van der Waals surface area contributed by atoms with Crippen LogP contribution in [0.1, 0.15) is 63.2 Å². The maximum Gasteiger partial charge on any atom is 0.247 e. The summed E-state index contributed by atoms with van der Waals surface area (Å²) in [6.07, 6.45) is 5.73. The lowest BCUT2D eigenvalue weighted by Gasteiger charge is -2.51. The van der Waals surface area contributed by atoms with Gasteiger partial charge in [0.15, 0.2) is 5.84 Å². The second-order valence-corrected chi connectivity index (χ2v) is 9.46. The number of alkyl halides is 1. The second kappa shape index (κ2) is 8.61. The molecule has 0 spiro atoms. The Hall–Kier alpha value is -3.23. The summed E-state index contributed by atoms with van der Waals surface area (Å²) in [4.78, 5) is 14.9. The molecule has 6 rings (SSSR count). The van der Waals surface area contributed by atoms with Gasteiger partial charge in [0.2, 0.25) is 17.7 Å². The Bertz CT molecular complexity index is 1110. The number of aromatic nitrogens is 2. The van der Waals surface area contributed by atoms with Gasteiger partial charge in [0.25, 0.3) is 0 Å². The third-order valence-corrected chi connectivity index (χ3v) is 7.02. The molecule has 2 aromatic rings. The van der Waals surface area contributed by atoms with Crippen molar-refractivity contribution >= 4 is 17.4 Å². The zero-order valence-electron chi connectivity index (χ0n) is 18.5.